The molecule has 2 unspecified atom stereocenters. The summed E-state index contributed by atoms with van der Waals surface area (Å²) in [7, 11) is 0. The van der Waals surface area contributed by atoms with Crippen molar-refractivity contribution >= 4 is 5.97 Å². The molecular weight excluding hydrogens is 246 g/mol. The fourth-order valence-electron chi connectivity index (χ4n) is 2.60. The molecule has 1 fully saturated rings. The van der Waals surface area contributed by atoms with E-state index in [1.165, 1.54) is 0 Å². The fraction of sp³-hybridized carbons (Fsp3) is 0.769. The molecule has 2 atom stereocenters. The Kier molecular flexibility index (Phi) is 4.19. The molecule has 0 radical (unpaired) electrons. The monoisotopic (exact) mass is 267 g/mol. The van der Waals surface area contributed by atoms with E-state index < -0.39 is 12.0 Å². The van der Waals surface area contributed by atoms with Crippen LogP contribution in [0, 0.1) is 5.92 Å². The van der Waals surface area contributed by atoms with Crippen molar-refractivity contribution < 1.29 is 14.4 Å². The Bertz CT molecular complexity index is 444. The molecule has 0 aliphatic carbocycles. The average Bonchev–Trinajstić information content (AvgIpc) is 2.77. The molecular formula is C13H21N3O3. The first kappa shape index (κ1) is 14.0. The van der Waals surface area contributed by atoms with Crippen LogP contribution in [-0.4, -0.2) is 38.7 Å². The number of hydrogen-bond donors (Lipinski definition) is 1. The van der Waals surface area contributed by atoms with Gasteiger partial charge in [0, 0.05) is 5.92 Å². The lowest BCUT2D eigenvalue weighted by molar-refractivity contribution is -0.147. The lowest BCUT2D eigenvalue weighted by Crippen LogP contribution is -2.48. The van der Waals surface area contributed by atoms with E-state index in [4.69, 9.17) is 4.52 Å². The Morgan fingerprint density at radius 2 is 2.32 bits per heavy atom. The third-order valence-corrected chi connectivity index (χ3v) is 3.61. The molecule has 0 saturated carbocycles. The highest BCUT2D eigenvalue weighted by Crippen LogP contribution is 2.25. The van der Waals surface area contributed by atoms with Crippen LogP contribution in [0.2, 0.25) is 0 Å². The van der Waals surface area contributed by atoms with Gasteiger partial charge in [-0.2, -0.15) is 4.98 Å². The van der Waals surface area contributed by atoms with Crippen molar-refractivity contribution in [3.63, 3.8) is 0 Å². The highest BCUT2D eigenvalue weighted by Gasteiger charge is 2.34. The molecule has 1 aromatic rings. The van der Waals surface area contributed by atoms with Crippen molar-refractivity contribution in [2.24, 2.45) is 5.92 Å². The van der Waals surface area contributed by atoms with Crippen LogP contribution in [0.1, 0.15) is 51.2 Å². The SMILES string of the molecule is CC(C)c1nc(CN2CCCC(C)C2C(=O)O)no1. The van der Waals surface area contributed by atoms with Gasteiger partial charge in [-0.15, -0.1) is 0 Å². The van der Waals surface area contributed by atoms with Gasteiger partial charge in [0.1, 0.15) is 6.04 Å². The van der Waals surface area contributed by atoms with Gasteiger partial charge in [0.15, 0.2) is 5.82 Å². The molecule has 1 aliphatic heterocycles. The Balaban J connectivity index is 2.09. The van der Waals surface area contributed by atoms with E-state index in [-0.39, 0.29) is 11.8 Å². The molecule has 19 heavy (non-hydrogen) atoms. The van der Waals surface area contributed by atoms with Crippen molar-refractivity contribution in [1.29, 1.82) is 0 Å². The number of piperidine rings is 1. The summed E-state index contributed by atoms with van der Waals surface area (Å²) < 4.78 is 5.15. The van der Waals surface area contributed by atoms with Crippen LogP contribution in [0.25, 0.3) is 0 Å². The number of carboxylic acid groups (broad SMARTS) is 1. The Labute approximate surface area is 112 Å². The molecule has 6 nitrogen and oxygen atoms in total. The van der Waals surface area contributed by atoms with Crippen LogP contribution < -0.4 is 0 Å². The lowest BCUT2D eigenvalue weighted by Gasteiger charge is -2.36. The molecule has 1 saturated heterocycles. The van der Waals surface area contributed by atoms with Crippen LogP contribution in [0.3, 0.4) is 0 Å². The number of carboxylic acids is 1. The topological polar surface area (TPSA) is 79.5 Å². The third-order valence-electron chi connectivity index (χ3n) is 3.61. The zero-order valence-electron chi connectivity index (χ0n) is 11.7. The molecule has 1 aromatic heterocycles. The fourth-order valence-corrected chi connectivity index (χ4v) is 2.60. The molecule has 0 bridgehead atoms. The maximum atomic E-state index is 11.4. The molecule has 2 heterocycles. The van der Waals surface area contributed by atoms with Crippen LogP contribution in [0.4, 0.5) is 0 Å². The summed E-state index contributed by atoms with van der Waals surface area (Å²) in [5, 5.41) is 13.3. The van der Waals surface area contributed by atoms with E-state index >= 15 is 0 Å². The second-order valence-electron chi connectivity index (χ2n) is 5.58. The van der Waals surface area contributed by atoms with Gasteiger partial charge in [-0.1, -0.05) is 25.9 Å². The van der Waals surface area contributed by atoms with Crippen LogP contribution >= 0.6 is 0 Å². The van der Waals surface area contributed by atoms with Crippen molar-refractivity contribution in [1.82, 2.24) is 15.0 Å². The summed E-state index contributed by atoms with van der Waals surface area (Å²) in [6.07, 6.45) is 1.97. The van der Waals surface area contributed by atoms with Crippen molar-refractivity contribution in [2.45, 2.75) is 52.1 Å². The number of aliphatic carboxylic acids is 1. The smallest absolute Gasteiger partial charge is 0.321 e. The predicted molar refractivity (Wildman–Crippen MR) is 68.6 cm³/mol. The minimum absolute atomic E-state index is 0.155. The van der Waals surface area contributed by atoms with E-state index in [0.717, 1.165) is 19.4 Å². The molecule has 2 rings (SSSR count). The Morgan fingerprint density at radius 3 is 2.89 bits per heavy atom. The lowest BCUT2D eigenvalue weighted by atomic mass is 9.91. The van der Waals surface area contributed by atoms with Gasteiger partial charge in [-0.05, 0) is 25.3 Å². The summed E-state index contributed by atoms with van der Waals surface area (Å²) in [5.41, 5.74) is 0. The summed E-state index contributed by atoms with van der Waals surface area (Å²) in [5.74, 6) is 0.760. The van der Waals surface area contributed by atoms with E-state index in [1.807, 2.05) is 25.7 Å². The largest absolute Gasteiger partial charge is 0.480 e. The number of rotatable bonds is 4. The summed E-state index contributed by atoms with van der Waals surface area (Å²) >= 11 is 0. The molecule has 106 valence electrons. The minimum Gasteiger partial charge on any atom is -0.480 e. The standard InChI is InChI=1S/C13H21N3O3/c1-8(2)12-14-10(15-19-12)7-16-6-4-5-9(3)11(16)13(17)18/h8-9,11H,4-7H2,1-3H3,(H,17,18). The van der Waals surface area contributed by atoms with Crippen LogP contribution in [0.15, 0.2) is 4.52 Å². The molecule has 0 spiro atoms. The second-order valence-corrected chi connectivity index (χ2v) is 5.58. The molecule has 0 aromatic carbocycles. The Morgan fingerprint density at radius 1 is 1.58 bits per heavy atom. The maximum absolute atomic E-state index is 11.4. The van der Waals surface area contributed by atoms with E-state index in [0.29, 0.717) is 18.3 Å². The van der Waals surface area contributed by atoms with Gasteiger partial charge in [0.2, 0.25) is 5.89 Å². The predicted octanol–water partition coefficient (Wildman–Crippen LogP) is 1.88. The van der Waals surface area contributed by atoms with E-state index in [9.17, 15) is 9.90 Å². The molecule has 0 amide bonds. The summed E-state index contributed by atoms with van der Waals surface area (Å²) in [4.78, 5) is 17.6. The second kappa shape index (κ2) is 5.69. The first-order valence-corrected chi connectivity index (χ1v) is 6.78. The van der Waals surface area contributed by atoms with Crippen LogP contribution in [-0.2, 0) is 11.3 Å². The number of likely N-dealkylation sites (tertiary alicyclic amines) is 1. The first-order chi connectivity index (χ1) is 8.99. The van der Waals surface area contributed by atoms with Gasteiger partial charge >= 0.3 is 5.97 Å². The normalized spacial score (nSPS) is 24.8. The highest BCUT2D eigenvalue weighted by molar-refractivity contribution is 5.74. The first-order valence-electron chi connectivity index (χ1n) is 6.78. The van der Waals surface area contributed by atoms with Gasteiger partial charge in [-0.25, -0.2) is 0 Å². The van der Waals surface area contributed by atoms with Gasteiger partial charge in [0.05, 0.1) is 6.54 Å². The van der Waals surface area contributed by atoms with E-state index in [1.54, 1.807) is 0 Å². The van der Waals surface area contributed by atoms with Crippen molar-refractivity contribution in [3.05, 3.63) is 11.7 Å². The molecule has 6 heteroatoms. The zero-order chi connectivity index (χ0) is 14.0. The third kappa shape index (κ3) is 3.12. The summed E-state index contributed by atoms with van der Waals surface area (Å²) in [6.45, 7) is 7.17. The molecule has 1 N–H and O–H groups in total. The van der Waals surface area contributed by atoms with Crippen molar-refractivity contribution in [3.8, 4) is 0 Å². The number of aromatic nitrogens is 2. The zero-order valence-corrected chi connectivity index (χ0v) is 11.7. The number of nitrogens with zero attached hydrogens (tertiary/aromatic N) is 3. The number of hydrogen-bond acceptors (Lipinski definition) is 5. The minimum atomic E-state index is -0.764. The quantitative estimate of drug-likeness (QED) is 0.897. The van der Waals surface area contributed by atoms with Gasteiger partial charge in [-0.3, -0.25) is 9.69 Å². The maximum Gasteiger partial charge on any atom is 0.321 e. The Hall–Kier alpha value is -1.43. The van der Waals surface area contributed by atoms with Crippen molar-refractivity contribution in [2.75, 3.05) is 6.54 Å². The highest BCUT2D eigenvalue weighted by atomic mass is 16.5. The van der Waals surface area contributed by atoms with Gasteiger partial charge in [0.25, 0.3) is 0 Å². The molecule has 1 aliphatic rings. The average molecular weight is 267 g/mol. The summed E-state index contributed by atoms with van der Waals surface area (Å²) in [6, 6.07) is -0.449. The van der Waals surface area contributed by atoms with Crippen LogP contribution in [0.5, 0.6) is 0 Å². The number of carbonyl (C=O) groups is 1. The van der Waals surface area contributed by atoms with E-state index in [2.05, 4.69) is 10.1 Å². The van der Waals surface area contributed by atoms with Gasteiger partial charge < -0.3 is 9.63 Å².